The molecule has 4 aromatic carbocycles. The largest absolute Gasteiger partial charge is 0.497 e. The smallest absolute Gasteiger partial charge is 0.118 e. The third-order valence-electron chi connectivity index (χ3n) is 4.80. The molecule has 0 saturated carbocycles. The van der Waals surface area contributed by atoms with Crippen LogP contribution < -0.4 is 20.7 Å². The second-order valence-electron chi connectivity index (χ2n) is 6.58. The van der Waals surface area contributed by atoms with Crippen LogP contribution in [-0.2, 0) is 0 Å². The van der Waals surface area contributed by atoms with Gasteiger partial charge in [0.1, 0.15) is 5.75 Å². The van der Waals surface area contributed by atoms with E-state index >= 15 is 0 Å². The topological polar surface area (TPSA) is 21.6 Å². The Kier molecular flexibility index (Phi) is 5.99. The lowest BCUT2D eigenvalue weighted by Crippen LogP contribution is -2.25. The summed E-state index contributed by atoms with van der Waals surface area (Å²) in [5, 5.41) is 3.64. The molecule has 2 nitrogen and oxygen atoms in total. The van der Waals surface area contributed by atoms with E-state index in [1.807, 2.05) is 24.3 Å². The van der Waals surface area contributed by atoms with Crippen LogP contribution in [0.25, 0.3) is 0 Å². The molecule has 0 unspecified atom stereocenters. The van der Waals surface area contributed by atoms with E-state index < -0.39 is 7.05 Å². The van der Waals surface area contributed by atoms with E-state index in [-0.39, 0.29) is 0 Å². The number of methoxy groups -OCH3 is 1. The molecular formula is C25H21BrNOP. The molecule has 0 aliphatic carbocycles. The number of hydrogen-bond acceptors (Lipinski definition) is 2. The van der Waals surface area contributed by atoms with Crippen molar-refractivity contribution >= 4 is 44.6 Å². The fourth-order valence-corrected chi connectivity index (χ4v) is 7.16. The minimum atomic E-state index is -2.27. The highest BCUT2D eigenvalue weighted by Crippen LogP contribution is 2.49. The van der Waals surface area contributed by atoms with Gasteiger partial charge in [-0.25, -0.2) is 0 Å². The second-order valence-corrected chi connectivity index (χ2v) is 10.5. The van der Waals surface area contributed by atoms with Crippen molar-refractivity contribution in [3.63, 3.8) is 0 Å². The lowest BCUT2D eigenvalue weighted by Gasteiger charge is -2.27. The van der Waals surface area contributed by atoms with E-state index in [9.17, 15) is 0 Å². The summed E-state index contributed by atoms with van der Waals surface area (Å²) < 4.78 is 11.9. The maximum atomic E-state index is 5.45. The number of halogens is 1. The Morgan fingerprint density at radius 2 is 1.10 bits per heavy atom. The molecule has 0 fully saturated rings. The molecule has 0 heterocycles. The van der Waals surface area contributed by atoms with Crippen molar-refractivity contribution in [3.8, 4) is 5.75 Å². The molecule has 0 aliphatic rings. The summed E-state index contributed by atoms with van der Waals surface area (Å²) in [4.78, 5) is 0. The van der Waals surface area contributed by atoms with E-state index in [0.717, 1.165) is 15.9 Å². The zero-order chi connectivity index (χ0) is 20.1. The highest BCUT2D eigenvalue weighted by molar-refractivity contribution is 9.10. The minimum Gasteiger partial charge on any atom is -0.497 e. The van der Waals surface area contributed by atoms with Crippen LogP contribution >= 0.6 is 23.0 Å². The van der Waals surface area contributed by atoms with Gasteiger partial charge >= 0.3 is 0 Å². The zero-order valence-corrected chi connectivity index (χ0v) is 18.6. The van der Waals surface area contributed by atoms with Crippen LogP contribution in [0, 0.1) is 0 Å². The SMILES string of the molecule is COc1ccc(P(=Nc2ccc(Br)cc2)(c2ccccc2)c2ccccc2)cc1. The van der Waals surface area contributed by atoms with Crippen molar-refractivity contribution in [2.24, 2.45) is 4.74 Å². The van der Waals surface area contributed by atoms with Gasteiger partial charge in [0, 0.05) is 20.4 Å². The third kappa shape index (κ3) is 4.07. The first-order valence-electron chi connectivity index (χ1n) is 9.36. The van der Waals surface area contributed by atoms with Crippen LogP contribution in [0.1, 0.15) is 0 Å². The van der Waals surface area contributed by atoms with Crippen molar-refractivity contribution in [1.82, 2.24) is 0 Å². The maximum Gasteiger partial charge on any atom is 0.118 e. The molecule has 0 radical (unpaired) electrons. The summed E-state index contributed by atoms with van der Waals surface area (Å²) in [5.41, 5.74) is 0.963. The summed E-state index contributed by atoms with van der Waals surface area (Å²) in [7, 11) is -0.574. The van der Waals surface area contributed by atoms with Gasteiger partial charge in [-0.2, -0.15) is 0 Å². The van der Waals surface area contributed by atoms with Crippen molar-refractivity contribution in [1.29, 1.82) is 0 Å². The van der Waals surface area contributed by atoms with E-state index in [1.54, 1.807) is 7.11 Å². The first-order chi connectivity index (χ1) is 14.2. The average Bonchev–Trinajstić information content (AvgIpc) is 2.80. The van der Waals surface area contributed by atoms with Gasteiger partial charge in [-0.1, -0.05) is 76.6 Å². The predicted molar refractivity (Wildman–Crippen MR) is 128 cm³/mol. The Labute approximate surface area is 180 Å². The fraction of sp³-hybridized carbons (Fsp3) is 0.0400. The average molecular weight is 462 g/mol. The Balaban J connectivity index is 2.09. The van der Waals surface area contributed by atoms with Gasteiger partial charge in [0.2, 0.25) is 0 Å². The van der Waals surface area contributed by atoms with Crippen molar-refractivity contribution in [2.45, 2.75) is 0 Å². The van der Waals surface area contributed by atoms with Gasteiger partial charge in [-0.15, -0.1) is 0 Å². The third-order valence-corrected chi connectivity index (χ3v) is 8.99. The normalized spacial score (nSPS) is 11.1. The Morgan fingerprint density at radius 1 is 0.621 bits per heavy atom. The number of nitrogens with zero attached hydrogens (tertiary/aromatic N) is 1. The van der Waals surface area contributed by atoms with E-state index in [4.69, 9.17) is 9.48 Å². The number of hydrogen-bond donors (Lipinski definition) is 0. The summed E-state index contributed by atoms with van der Waals surface area (Å²) in [5.74, 6) is 0.844. The van der Waals surface area contributed by atoms with Crippen LogP contribution in [0.2, 0.25) is 0 Å². The van der Waals surface area contributed by atoms with E-state index in [0.29, 0.717) is 0 Å². The van der Waals surface area contributed by atoms with Crippen LogP contribution in [0.4, 0.5) is 5.69 Å². The quantitative estimate of drug-likeness (QED) is 0.321. The molecular weight excluding hydrogens is 441 g/mol. The molecule has 0 saturated heterocycles. The molecule has 4 rings (SSSR count). The lowest BCUT2D eigenvalue weighted by molar-refractivity contribution is 0.415. The monoisotopic (exact) mass is 461 g/mol. The van der Waals surface area contributed by atoms with E-state index in [1.165, 1.54) is 15.9 Å². The van der Waals surface area contributed by atoms with Gasteiger partial charge in [-0.05, 0) is 48.5 Å². The molecule has 29 heavy (non-hydrogen) atoms. The lowest BCUT2D eigenvalue weighted by atomic mass is 10.3. The number of rotatable bonds is 5. The molecule has 0 N–H and O–H groups in total. The predicted octanol–water partition coefficient (Wildman–Crippen LogP) is 6.27. The first-order valence-corrected chi connectivity index (χ1v) is 11.9. The molecule has 144 valence electrons. The summed E-state index contributed by atoms with van der Waals surface area (Å²) in [6.07, 6.45) is 0. The fourth-order valence-electron chi connectivity index (χ4n) is 3.39. The maximum absolute atomic E-state index is 5.45. The summed E-state index contributed by atoms with van der Waals surface area (Å²) >= 11 is 3.53. The molecule has 4 heteroatoms. The highest BCUT2D eigenvalue weighted by atomic mass is 79.9. The van der Waals surface area contributed by atoms with Gasteiger partial charge in [0.25, 0.3) is 0 Å². The van der Waals surface area contributed by atoms with Gasteiger partial charge in [0.15, 0.2) is 0 Å². The molecule has 0 aliphatic heterocycles. The Hall–Kier alpha value is -2.61. The van der Waals surface area contributed by atoms with Gasteiger partial charge < -0.3 is 4.74 Å². The second kappa shape index (κ2) is 8.82. The first kappa shape index (κ1) is 19.7. The molecule has 0 amide bonds. The molecule has 0 spiro atoms. The Bertz CT molecular complexity index is 1080. The standard InChI is InChI=1S/C25H21BrNOP/c1-28-22-16-18-25(19-17-22)29(23-8-4-2-5-9-23,24-10-6-3-7-11-24)27-21-14-12-20(26)13-15-21/h2-19H,1H3. The van der Waals surface area contributed by atoms with Crippen LogP contribution in [0.15, 0.2) is 118 Å². The van der Waals surface area contributed by atoms with Crippen LogP contribution in [0.5, 0.6) is 5.75 Å². The number of benzene rings is 4. The number of ether oxygens (including phenoxy) is 1. The van der Waals surface area contributed by atoms with Gasteiger partial charge in [0.05, 0.1) is 19.9 Å². The van der Waals surface area contributed by atoms with Crippen LogP contribution in [-0.4, -0.2) is 7.11 Å². The zero-order valence-electron chi connectivity index (χ0n) is 16.1. The van der Waals surface area contributed by atoms with Crippen molar-refractivity contribution in [3.05, 3.63) is 114 Å². The van der Waals surface area contributed by atoms with Gasteiger partial charge in [-0.3, -0.25) is 4.74 Å². The summed E-state index contributed by atoms with van der Waals surface area (Å²) in [6, 6.07) is 37.8. The van der Waals surface area contributed by atoms with Crippen molar-refractivity contribution in [2.75, 3.05) is 7.11 Å². The molecule has 0 aromatic heterocycles. The van der Waals surface area contributed by atoms with Crippen LogP contribution in [0.3, 0.4) is 0 Å². The Morgan fingerprint density at radius 3 is 1.59 bits per heavy atom. The molecule has 0 bridgehead atoms. The minimum absolute atomic E-state index is 0.844. The van der Waals surface area contributed by atoms with E-state index in [2.05, 4.69) is 101 Å². The molecule has 0 atom stereocenters. The van der Waals surface area contributed by atoms with Crippen molar-refractivity contribution < 1.29 is 4.74 Å². The summed E-state index contributed by atoms with van der Waals surface area (Å²) in [6.45, 7) is 0. The highest BCUT2D eigenvalue weighted by Gasteiger charge is 2.27. The molecule has 4 aromatic rings.